The molecule has 1 spiro atoms. The number of rotatable bonds is 3. The van der Waals surface area contributed by atoms with Crippen molar-refractivity contribution in [2.45, 2.75) is 43.5 Å². The number of amides is 4. The molecule has 8 heteroatoms. The van der Waals surface area contributed by atoms with Gasteiger partial charge in [-0.25, -0.2) is 9.18 Å². The Labute approximate surface area is 167 Å². The van der Waals surface area contributed by atoms with E-state index in [1.165, 1.54) is 17.8 Å². The summed E-state index contributed by atoms with van der Waals surface area (Å²) in [6.45, 7) is 2.15. The van der Waals surface area contributed by atoms with Crippen LogP contribution in [0.3, 0.4) is 0 Å². The van der Waals surface area contributed by atoms with Gasteiger partial charge in [-0.15, -0.1) is 11.8 Å². The second kappa shape index (κ2) is 7.39. The standard InChI is InChI=1S/C20H24FN3O3S/c1-13-6-4-5-9-20(13)18(26)24(19(27)22-20)12-16(25)23-10-11-28-17(23)14-7-2-3-8-15(14)21/h2-3,7-8,13,17H,4-6,9-12H2,1H3,(H,22,27)/t13-,17+,20-/m0/s1. The fourth-order valence-corrected chi connectivity index (χ4v) is 5.82. The zero-order valence-electron chi connectivity index (χ0n) is 15.8. The molecule has 1 aliphatic carbocycles. The van der Waals surface area contributed by atoms with Crippen LogP contribution in [0.15, 0.2) is 24.3 Å². The maximum Gasteiger partial charge on any atom is 0.325 e. The molecule has 3 aliphatic rings. The van der Waals surface area contributed by atoms with Crippen molar-refractivity contribution in [3.05, 3.63) is 35.6 Å². The number of nitrogens with zero attached hydrogens (tertiary/aromatic N) is 2. The Kier molecular flexibility index (Phi) is 5.07. The van der Waals surface area contributed by atoms with Crippen LogP contribution in [0.1, 0.15) is 43.5 Å². The minimum atomic E-state index is -0.875. The number of imide groups is 1. The second-order valence-corrected chi connectivity index (χ2v) is 8.96. The van der Waals surface area contributed by atoms with Gasteiger partial charge in [0.1, 0.15) is 23.3 Å². The maximum atomic E-state index is 14.2. The lowest BCUT2D eigenvalue weighted by atomic mass is 9.73. The molecule has 4 amide bonds. The van der Waals surface area contributed by atoms with Crippen molar-refractivity contribution in [2.75, 3.05) is 18.8 Å². The Morgan fingerprint density at radius 3 is 2.86 bits per heavy atom. The van der Waals surface area contributed by atoms with Crippen LogP contribution in [0.25, 0.3) is 0 Å². The first-order chi connectivity index (χ1) is 13.4. The van der Waals surface area contributed by atoms with E-state index in [0.29, 0.717) is 24.3 Å². The molecule has 4 rings (SSSR count). The highest BCUT2D eigenvalue weighted by atomic mass is 32.2. The molecule has 3 atom stereocenters. The highest BCUT2D eigenvalue weighted by Crippen LogP contribution is 2.40. The molecule has 0 bridgehead atoms. The van der Waals surface area contributed by atoms with E-state index in [9.17, 15) is 18.8 Å². The Balaban J connectivity index is 1.51. The summed E-state index contributed by atoms with van der Waals surface area (Å²) in [7, 11) is 0. The molecule has 1 N–H and O–H groups in total. The Hall–Kier alpha value is -2.09. The molecule has 2 heterocycles. The maximum absolute atomic E-state index is 14.2. The molecule has 2 saturated heterocycles. The van der Waals surface area contributed by atoms with Gasteiger partial charge in [0.05, 0.1) is 0 Å². The van der Waals surface area contributed by atoms with Gasteiger partial charge in [-0.1, -0.05) is 38.0 Å². The third-order valence-electron chi connectivity index (χ3n) is 6.18. The summed E-state index contributed by atoms with van der Waals surface area (Å²) in [5, 5.41) is 2.44. The highest BCUT2D eigenvalue weighted by molar-refractivity contribution is 7.99. The van der Waals surface area contributed by atoms with E-state index >= 15 is 0 Å². The summed E-state index contributed by atoms with van der Waals surface area (Å²) in [5.41, 5.74) is -0.423. The van der Waals surface area contributed by atoms with E-state index in [2.05, 4.69) is 5.32 Å². The van der Waals surface area contributed by atoms with Crippen LogP contribution < -0.4 is 5.32 Å². The van der Waals surface area contributed by atoms with E-state index in [0.717, 1.165) is 24.2 Å². The molecule has 0 radical (unpaired) electrons. The fraction of sp³-hybridized carbons (Fsp3) is 0.550. The number of hydrogen-bond donors (Lipinski definition) is 1. The van der Waals surface area contributed by atoms with Gasteiger partial charge in [0.2, 0.25) is 5.91 Å². The van der Waals surface area contributed by atoms with E-state index in [1.807, 2.05) is 6.92 Å². The van der Waals surface area contributed by atoms with Crippen molar-refractivity contribution < 1.29 is 18.8 Å². The van der Waals surface area contributed by atoms with Gasteiger partial charge in [-0.3, -0.25) is 14.5 Å². The van der Waals surface area contributed by atoms with Crippen LogP contribution in [-0.4, -0.2) is 52.0 Å². The molecular formula is C20H24FN3O3S. The van der Waals surface area contributed by atoms with Crippen LogP contribution in [0.2, 0.25) is 0 Å². The zero-order valence-corrected chi connectivity index (χ0v) is 16.6. The molecule has 150 valence electrons. The van der Waals surface area contributed by atoms with E-state index in [-0.39, 0.29) is 30.1 Å². The van der Waals surface area contributed by atoms with Gasteiger partial charge in [-0.2, -0.15) is 0 Å². The lowest BCUT2D eigenvalue weighted by Crippen LogP contribution is -2.54. The monoisotopic (exact) mass is 405 g/mol. The van der Waals surface area contributed by atoms with Crippen molar-refractivity contribution in [2.24, 2.45) is 5.92 Å². The van der Waals surface area contributed by atoms with Gasteiger partial charge in [0.25, 0.3) is 5.91 Å². The van der Waals surface area contributed by atoms with Crippen molar-refractivity contribution in [3.63, 3.8) is 0 Å². The van der Waals surface area contributed by atoms with Gasteiger partial charge >= 0.3 is 6.03 Å². The van der Waals surface area contributed by atoms with E-state index < -0.39 is 16.9 Å². The van der Waals surface area contributed by atoms with Crippen molar-refractivity contribution >= 4 is 29.6 Å². The smallest absolute Gasteiger partial charge is 0.324 e. The molecule has 3 fully saturated rings. The first kappa shape index (κ1) is 19.2. The van der Waals surface area contributed by atoms with Crippen molar-refractivity contribution in [1.29, 1.82) is 0 Å². The fourth-order valence-electron chi connectivity index (χ4n) is 4.52. The molecule has 2 aliphatic heterocycles. The first-order valence-corrected chi connectivity index (χ1v) is 10.8. The average molecular weight is 405 g/mol. The third-order valence-corrected chi connectivity index (χ3v) is 7.42. The molecule has 0 aromatic heterocycles. The number of benzene rings is 1. The van der Waals surface area contributed by atoms with Crippen LogP contribution in [-0.2, 0) is 9.59 Å². The molecular weight excluding hydrogens is 381 g/mol. The first-order valence-electron chi connectivity index (χ1n) is 9.73. The van der Waals surface area contributed by atoms with E-state index in [4.69, 9.17) is 0 Å². The average Bonchev–Trinajstić information content (AvgIpc) is 3.24. The summed E-state index contributed by atoms with van der Waals surface area (Å²) in [4.78, 5) is 41.2. The second-order valence-electron chi connectivity index (χ2n) is 7.77. The SMILES string of the molecule is C[C@H]1CCCC[C@]12NC(=O)N(CC(=O)N1CCS[C@@H]1c1ccccc1F)C2=O. The largest absolute Gasteiger partial charge is 0.325 e. The summed E-state index contributed by atoms with van der Waals surface area (Å²) in [5.74, 6) is -0.253. The van der Waals surface area contributed by atoms with Crippen molar-refractivity contribution in [1.82, 2.24) is 15.1 Å². The van der Waals surface area contributed by atoms with Crippen molar-refractivity contribution in [3.8, 4) is 0 Å². The quantitative estimate of drug-likeness (QED) is 0.785. The third kappa shape index (κ3) is 3.07. The summed E-state index contributed by atoms with van der Waals surface area (Å²) in [6, 6.07) is 5.91. The van der Waals surface area contributed by atoms with Gasteiger partial charge in [0, 0.05) is 17.9 Å². The Bertz CT molecular complexity index is 820. The lowest BCUT2D eigenvalue weighted by Gasteiger charge is -2.36. The predicted octanol–water partition coefficient (Wildman–Crippen LogP) is 2.90. The molecule has 1 saturated carbocycles. The summed E-state index contributed by atoms with van der Waals surface area (Å²) >= 11 is 1.49. The molecule has 6 nitrogen and oxygen atoms in total. The number of carbonyl (C=O) groups excluding carboxylic acids is 3. The van der Waals surface area contributed by atoms with Crippen LogP contribution in [0.5, 0.6) is 0 Å². The Morgan fingerprint density at radius 1 is 1.32 bits per heavy atom. The lowest BCUT2D eigenvalue weighted by molar-refractivity contribution is -0.140. The molecule has 1 aromatic rings. The van der Waals surface area contributed by atoms with Crippen LogP contribution in [0.4, 0.5) is 9.18 Å². The number of urea groups is 1. The minimum Gasteiger partial charge on any atom is -0.324 e. The molecule has 28 heavy (non-hydrogen) atoms. The number of carbonyl (C=O) groups is 3. The zero-order chi connectivity index (χ0) is 19.9. The number of nitrogens with one attached hydrogen (secondary N) is 1. The number of hydrogen-bond acceptors (Lipinski definition) is 4. The Morgan fingerprint density at radius 2 is 2.11 bits per heavy atom. The normalized spacial score (nSPS) is 30.2. The summed E-state index contributed by atoms with van der Waals surface area (Å²) < 4.78 is 14.2. The molecule has 0 unspecified atom stereocenters. The minimum absolute atomic E-state index is 0.0475. The number of halogens is 1. The topological polar surface area (TPSA) is 69.7 Å². The number of thioether (sulfide) groups is 1. The molecule has 1 aromatic carbocycles. The van der Waals surface area contributed by atoms with Gasteiger partial charge in [-0.05, 0) is 24.8 Å². The summed E-state index contributed by atoms with van der Waals surface area (Å²) in [6.07, 6.45) is 3.42. The van der Waals surface area contributed by atoms with Crippen LogP contribution in [0, 0.1) is 11.7 Å². The van der Waals surface area contributed by atoms with E-state index in [1.54, 1.807) is 23.1 Å². The van der Waals surface area contributed by atoms with Gasteiger partial charge < -0.3 is 10.2 Å². The predicted molar refractivity (Wildman–Crippen MR) is 104 cm³/mol. The highest BCUT2D eigenvalue weighted by Gasteiger charge is 2.55. The van der Waals surface area contributed by atoms with Gasteiger partial charge in [0.15, 0.2) is 0 Å². The van der Waals surface area contributed by atoms with Crippen LogP contribution >= 0.6 is 11.8 Å².